The summed E-state index contributed by atoms with van der Waals surface area (Å²) in [7, 11) is 0. The molecule has 0 spiro atoms. The van der Waals surface area contributed by atoms with Gasteiger partial charge in [0.25, 0.3) is 5.56 Å². The number of anilines is 1. The van der Waals surface area contributed by atoms with E-state index in [4.69, 9.17) is 16.3 Å². The molecule has 2 aromatic carbocycles. The summed E-state index contributed by atoms with van der Waals surface area (Å²) in [5, 5.41) is 4.97. The van der Waals surface area contributed by atoms with Gasteiger partial charge < -0.3 is 10.1 Å². The molecule has 2 heterocycles. The van der Waals surface area contributed by atoms with Crippen LogP contribution in [0.2, 0.25) is 5.02 Å². The van der Waals surface area contributed by atoms with Crippen molar-refractivity contribution in [2.45, 2.75) is 20.0 Å². The summed E-state index contributed by atoms with van der Waals surface area (Å²) in [6.45, 7) is 2.23. The van der Waals surface area contributed by atoms with Crippen molar-refractivity contribution in [2.24, 2.45) is 0 Å². The fourth-order valence-electron chi connectivity index (χ4n) is 3.37. The zero-order valence-electron chi connectivity index (χ0n) is 17.2. The number of aromatic nitrogens is 2. The van der Waals surface area contributed by atoms with Crippen LogP contribution in [0.4, 0.5) is 5.69 Å². The van der Waals surface area contributed by atoms with E-state index in [1.54, 1.807) is 60.0 Å². The molecular weight excluding hydrogens is 450 g/mol. The number of benzene rings is 2. The molecule has 0 bridgehead atoms. The number of nitrogens with one attached hydrogen (secondary N) is 1. The maximum atomic E-state index is 13.2. The molecule has 0 aliphatic carbocycles. The lowest BCUT2D eigenvalue weighted by molar-refractivity contribution is -0.116. The molecule has 0 aliphatic rings. The summed E-state index contributed by atoms with van der Waals surface area (Å²) < 4.78 is 8.24. The Labute approximate surface area is 192 Å². The Bertz CT molecular complexity index is 1390. The molecule has 32 heavy (non-hydrogen) atoms. The fourth-order valence-corrected chi connectivity index (χ4v) is 4.41. The van der Waals surface area contributed by atoms with Gasteiger partial charge in [-0.3, -0.25) is 18.7 Å². The smallest absolute Gasteiger partial charge is 0.332 e. The van der Waals surface area contributed by atoms with Crippen LogP contribution in [0.3, 0.4) is 0 Å². The number of carbonyl (C=O) groups is 1. The van der Waals surface area contributed by atoms with E-state index in [0.717, 1.165) is 4.57 Å². The van der Waals surface area contributed by atoms with E-state index in [1.165, 1.54) is 15.9 Å². The van der Waals surface area contributed by atoms with E-state index in [1.807, 2.05) is 6.92 Å². The SMILES string of the molecule is CCOc1ccc(NC(=O)Cn2c(=O)n(Cc3ccccc3Cl)c(=O)c3sccc32)cc1. The highest BCUT2D eigenvalue weighted by atomic mass is 35.5. The van der Waals surface area contributed by atoms with Crippen molar-refractivity contribution in [3.8, 4) is 5.75 Å². The molecule has 1 amide bonds. The van der Waals surface area contributed by atoms with E-state index >= 15 is 0 Å². The van der Waals surface area contributed by atoms with E-state index in [-0.39, 0.29) is 19.0 Å². The largest absolute Gasteiger partial charge is 0.494 e. The summed E-state index contributed by atoms with van der Waals surface area (Å²) in [4.78, 5) is 38.9. The maximum absolute atomic E-state index is 13.2. The fraction of sp³-hybridized carbons (Fsp3) is 0.174. The van der Waals surface area contributed by atoms with E-state index in [2.05, 4.69) is 5.32 Å². The van der Waals surface area contributed by atoms with Gasteiger partial charge in [-0.2, -0.15) is 0 Å². The first-order chi connectivity index (χ1) is 15.5. The molecule has 4 aromatic rings. The summed E-state index contributed by atoms with van der Waals surface area (Å²) >= 11 is 7.46. The number of amides is 1. The average Bonchev–Trinajstić information content (AvgIpc) is 3.27. The molecule has 7 nitrogen and oxygen atoms in total. The van der Waals surface area contributed by atoms with Crippen molar-refractivity contribution in [3.05, 3.63) is 91.4 Å². The number of halogens is 1. The van der Waals surface area contributed by atoms with Crippen LogP contribution in [-0.2, 0) is 17.9 Å². The second-order valence-corrected chi connectivity index (χ2v) is 8.32. The van der Waals surface area contributed by atoms with Crippen molar-refractivity contribution < 1.29 is 9.53 Å². The first-order valence-corrected chi connectivity index (χ1v) is 11.2. The third-order valence-electron chi connectivity index (χ3n) is 4.87. The quantitative estimate of drug-likeness (QED) is 0.444. The Kier molecular flexibility index (Phi) is 6.43. The highest BCUT2D eigenvalue weighted by Gasteiger charge is 2.17. The number of hydrogen-bond donors (Lipinski definition) is 1. The molecule has 0 radical (unpaired) electrons. The third kappa shape index (κ3) is 4.46. The molecule has 2 aromatic heterocycles. The predicted molar refractivity (Wildman–Crippen MR) is 127 cm³/mol. The standard InChI is InChI=1S/C23H20ClN3O4S/c1-2-31-17-9-7-16(8-10-17)25-20(28)14-26-19-11-12-32-21(19)22(29)27(23(26)30)13-15-5-3-4-6-18(15)24/h3-12H,2,13-14H2,1H3,(H,25,28). The summed E-state index contributed by atoms with van der Waals surface area (Å²) in [6, 6.07) is 15.7. The minimum absolute atomic E-state index is 0.0195. The topological polar surface area (TPSA) is 82.3 Å². The number of fused-ring (bicyclic) bond motifs is 1. The van der Waals surface area contributed by atoms with Gasteiger partial charge >= 0.3 is 5.69 Å². The third-order valence-corrected chi connectivity index (χ3v) is 6.13. The second kappa shape index (κ2) is 9.42. The molecule has 4 rings (SSSR count). The number of ether oxygens (including phenoxy) is 1. The van der Waals surface area contributed by atoms with Crippen molar-refractivity contribution in [2.75, 3.05) is 11.9 Å². The minimum Gasteiger partial charge on any atom is -0.494 e. The lowest BCUT2D eigenvalue weighted by Crippen LogP contribution is -2.41. The summed E-state index contributed by atoms with van der Waals surface area (Å²) in [6.07, 6.45) is 0. The molecule has 9 heteroatoms. The van der Waals surface area contributed by atoms with Crippen LogP contribution in [0.25, 0.3) is 10.2 Å². The molecule has 0 atom stereocenters. The van der Waals surface area contributed by atoms with Crippen LogP contribution >= 0.6 is 22.9 Å². The molecule has 0 saturated carbocycles. The lowest BCUT2D eigenvalue weighted by Gasteiger charge is -2.13. The van der Waals surface area contributed by atoms with Gasteiger partial charge in [-0.15, -0.1) is 11.3 Å². The highest BCUT2D eigenvalue weighted by Crippen LogP contribution is 2.19. The Morgan fingerprint density at radius 3 is 2.53 bits per heavy atom. The molecule has 0 fully saturated rings. The van der Waals surface area contributed by atoms with Gasteiger partial charge in [0.05, 0.1) is 18.7 Å². The molecular formula is C23H20ClN3O4S. The van der Waals surface area contributed by atoms with Crippen LogP contribution < -0.4 is 21.3 Å². The van der Waals surface area contributed by atoms with Gasteiger partial charge in [0.2, 0.25) is 5.91 Å². The van der Waals surface area contributed by atoms with Gasteiger partial charge in [0.1, 0.15) is 17.0 Å². The molecule has 1 N–H and O–H groups in total. The van der Waals surface area contributed by atoms with E-state index in [9.17, 15) is 14.4 Å². The Hall–Kier alpha value is -3.36. The number of nitrogens with zero attached hydrogens (tertiary/aromatic N) is 2. The van der Waals surface area contributed by atoms with E-state index in [0.29, 0.717) is 38.8 Å². The lowest BCUT2D eigenvalue weighted by atomic mass is 10.2. The van der Waals surface area contributed by atoms with Crippen LogP contribution in [0.5, 0.6) is 5.75 Å². The van der Waals surface area contributed by atoms with Gasteiger partial charge in [-0.25, -0.2) is 4.79 Å². The Morgan fingerprint density at radius 1 is 1.06 bits per heavy atom. The van der Waals surface area contributed by atoms with Crippen LogP contribution in [0.15, 0.2) is 69.6 Å². The minimum atomic E-state index is -0.567. The Morgan fingerprint density at radius 2 is 1.81 bits per heavy atom. The van der Waals surface area contributed by atoms with Gasteiger partial charge in [-0.1, -0.05) is 29.8 Å². The second-order valence-electron chi connectivity index (χ2n) is 6.99. The zero-order valence-corrected chi connectivity index (χ0v) is 18.8. The van der Waals surface area contributed by atoms with Gasteiger partial charge in [0.15, 0.2) is 0 Å². The number of hydrogen-bond acceptors (Lipinski definition) is 5. The zero-order chi connectivity index (χ0) is 22.7. The Balaban J connectivity index is 1.65. The normalized spacial score (nSPS) is 10.9. The van der Waals surface area contributed by atoms with Gasteiger partial charge in [0, 0.05) is 10.7 Å². The first-order valence-electron chi connectivity index (χ1n) is 9.95. The van der Waals surface area contributed by atoms with Crippen LogP contribution in [-0.4, -0.2) is 21.6 Å². The van der Waals surface area contributed by atoms with Gasteiger partial charge in [-0.05, 0) is 54.3 Å². The maximum Gasteiger partial charge on any atom is 0.332 e. The van der Waals surface area contributed by atoms with Crippen molar-refractivity contribution in [1.82, 2.24) is 9.13 Å². The summed E-state index contributed by atoms with van der Waals surface area (Å²) in [5.74, 6) is 0.319. The first kappa shape index (κ1) is 21.9. The number of rotatable bonds is 7. The summed E-state index contributed by atoms with van der Waals surface area (Å²) in [5.41, 5.74) is 0.695. The molecule has 0 aliphatic heterocycles. The number of carbonyl (C=O) groups excluding carboxylic acids is 1. The monoisotopic (exact) mass is 469 g/mol. The number of thiophene rings is 1. The van der Waals surface area contributed by atoms with Crippen LogP contribution in [0.1, 0.15) is 12.5 Å². The highest BCUT2D eigenvalue weighted by molar-refractivity contribution is 7.17. The van der Waals surface area contributed by atoms with Crippen molar-refractivity contribution in [3.63, 3.8) is 0 Å². The van der Waals surface area contributed by atoms with E-state index < -0.39 is 11.2 Å². The predicted octanol–water partition coefficient (Wildman–Crippen LogP) is 3.96. The van der Waals surface area contributed by atoms with Crippen molar-refractivity contribution >= 4 is 44.7 Å². The van der Waals surface area contributed by atoms with Crippen LogP contribution in [0, 0.1) is 0 Å². The molecule has 0 saturated heterocycles. The molecule has 164 valence electrons. The van der Waals surface area contributed by atoms with Crippen molar-refractivity contribution in [1.29, 1.82) is 0 Å². The molecule has 0 unspecified atom stereocenters. The average molecular weight is 470 g/mol.